The Hall–Kier alpha value is -2.17. The second kappa shape index (κ2) is 6.77. The van der Waals surface area contributed by atoms with Crippen LogP contribution >= 0.6 is 0 Å². The van der Waals surface area contributed by atoms with E-state index in [-0.39, 0.29) is 23.4 Å². The van der Waals surface area contributed by atoms with Crippen molar-refractivity contribution in [3.8, 4) is 0 Å². The van der Waals surface area contributed by atoms with E-state index in [2.05, 4.69) is 21.7 Å². The third-order valence-electron chi connectivity index (χ3n) is 6.02. The summed E-state index contributed by atoms with van der Waals surface area (Å²) in [5.74, 6) is 1.51. The summed E-state index contributed by atoms with van der Waals surface area (Å²) in [6.45, 7) is 5.97. The number of carbonyl (C=O) groups excluding carboxylic acids is 1. The first-order chi connectivity index (χ1) is 12.8. The Morgan fingerprint density at radius 2 is 1.81 bits per heavy atom. The van der Waals surface area contributed by atoms with Crippen LogP contribution in [0.5, 0.6) is 0 Å². The van der Waals surface area contributed by atoms with Gasteiger partial charge >= 0.3 is 6.03 Å². The molecule has 2 aliphatic carbocycles. The number of benzene rings is 1. The number of halogens is 1. The molecule has 4 nitrogen and oxygen atoms in total. The van der Waals surface area contributed by atoms with Crippen LogP contribution < -0.4 is 10.6 Å². The second-order valence-corrected chi connectivity index (χ2v) is 9.27. The Balaban J connectivity index is 1.42. The molecule has 2 fully saturated rings. The molecule has 144 valence electrons. The van der Waals surface area contributed by atoms with Gasteiger partial charge in [0, 0.05) is 23.2 Å². The number of fused-ring (bicyclic) bond motifs is 2. The predicted molar refractivity (Wildman–Crippen MR) is 105 cm³/mol. The van der Waals surface area contributed by atoms with Crippen LogP contribution in [0.15, 0.2) is 30.5 Å². The van der Waals surface area contributed by atoms with E-state index in [1.807, 2.05) is 27.0 Å². The van der Waals surface area contributed by atoms with Gasteiger partial charge in [-0.1, -0.05) is 0 Å². The molecule has 1 heterocycles. The summed E-state index contributed by atoms with van der Waals surface area (Å²) < 4.78 is 13.8. The fraction of sp³-hybridized carbons (Fsp3) is 0.545. The molecule has 1 aromatic heterocycles. The summed E-state index contributed by atoms with van der Waals surface area (Å²) in [4.78, 5) is 16.5. The first-order valence-corrected chi connectivity index (χ1v) is 9.91. The second-order valence-electron chi connectivity index (χ2n) is 9.27. The Morgan fingerprint density at radius 1 is 1.11 bits per heavy atom. The Kier molecular flexibility index (Phi) is 4.57. The quantitative estimate of drug-likeness (QED) is 0.803. The first kappa shape index (κ1) is 18.2. The molecular formula is C22H28FN3O. The zero-order valence-electron chi connectivity index (χ0n) is 16.3. The standard InChI is InChI=1S/C22H28FN3O/c1-22(2,3)26-21(27)25-17-10-13-8-15(9-14(13)11-17)18-6-7-24-20-5-4-16(23)12-19(18)20/h4-7,12-15,17H,8-11H2,1-3H3,(H2,25,26,27)/t13-,14+,15-,17+. The molecule has 2 N–H and O–H groups in total. The minimum absolute atomic E-state index is 0.0698. The van der Waals surface area contributed by atoms with Crippen LogP contribution in [0.4, 0.5) is 9.18 Å². The molecule has 0 saturated heterocycles. The fourth-order valence-electron chi connectivity index (χ4n) is 5.05. The summed E-state index contributed by atoms with van der Waals surface area (Å²) in [5, 5.41) is 7.07. The Morgan fingerprint density at radius 3 is 2.48 bits per heavy atom. The number of hydrogen-bond donors (Lipinski definition) is 2. The van der Waals surface area contributed by atoms with Gasteiger partial charge in [-0.15, -0.1) is 0 Å². The summed E-state index contributed by atoms with van der Waals surface area (Å²) in [6, 6.07) is 7.10. The minimum atomic E-state index is -0.221. The van der Waals surface area contributed by atoms with Crippen LogP contribution in [-0.4, -0.2) is 22.6 Å². The maximum Gasteiger partial charge on any atom is 0.315 e. The van der Waals surface area contributed by atoms with E-state index < -0.39 is 0 Å². The van der Waals surface area contributed by atoms with Crippen molar-refractivity contribution in [3.63, 3.8) is 0 Å². The first-order valence-electron chi connectivity index (χ1n) is 9.91. The zero-order chi connectivity index (χ0) is 19.2. The number of rotatable bonds is 2. The number of hydrogen-bond acceptors (Lipinski definition) is 2. The third-order valence-corrected chi connectivity index (χ3v) is 6.02. The highest BCUT2D eigenvalue weighted by atomic mass is 19.1. The molecule has 0 unspecified atom stereocenters. The van der Waals surface area contributed by atoms with Gasteiger partial charge in [-0.05, 0) is 94.0 Å². The van der Waals surface area contributed by atoms with E-state index >= 15 is 0 Å². The number of aromatic nitrogens is 1. The number of pyridine rings is 1. The number of urea groups is 1. The van der Waals surface area contributed by atoms with Crippen LogP contribution in [0.25, 0.3) is 10.9 Å². The van der Waals surface area contributed by atoms with Crippen molar-refractivity contribution in [1.82, 2.24) is 15.6 Å². The maximum absolute atomic E-state index is 13.8. The normalized spacial score (nSPS) is 27.6. The van der Waals surface area contributed by atoms with E-state index in [4.69, 9.17) is 0 Å². The summed E-state index contributed by atoms with van der Waals surface area (Å²) >= 11 is 0. The molecule has 1 aromatic carbocycles. The summed E-state index contributed by atoms with van der Waals surface area (Å²) in [6.07, 6.45) is 6.13. The van der Waals surface area contributed by atoms with Crippen molar-refractivity contribution >= 4 is 16.9 Å². The lowest BCUT2D eigenvalue weighted by atomic mass is 9.91. The zero-order valence-corrected chi connectivity index (χ0v) is 16.3. The smallest absolute Gasteiger partial charge is 0.315 e. The van der Waals surface area contributed by atoms with Crippen molar-refractivity contribution in [2.45, 2.75) is 64.0 Å². The van der Waals surface area contributed by atoms with Crippen LogP contribution in [0.3, 0.4) is 0 Å². The van der Waals surface area contributed by atoms with Gasteiger partial charge in [-0.3, -0.25) is 4.98 Å². The molecule has 0 radical (unpaired) electrons. The van der Waals surface area contributed by atoms with Gasteiger partial charge in [-0.2, -0.15) is 0 Å². The SMILES string of the molecule is CC(C)(C)NC(=O)N[C@@H]1C[C@@H]2C[C@H](c3ccnc4ccc(F)cc34)C[C@@H]2C1. The van der Waals surface area contributed by atoms with Crippen LogP contribution in [0.2, 0.25) is 0 Å². The third kappa shape index (κ3) is 3.92. The molecule has 4 atom stereocenters. The molecule has 2 aliphatic rings. The van der Waals surface area contributed by atoms with Crippen molar-refractivity contribution in [3.05, 3.63) is 41.8 Å². The summed E-state index contributed by atoms with van der Waals surface area (Å²) in [5.41, 5.74) is 1.87. The van der Waals surface area contributed by atoms with E-state index in [0.29, 0.717) is 17.8 Å². The van der Waals surface area contributed by atoms with Gasteiger partial charge in [0.05, 0.1) is 5.52 Å². The van der Waals surface area contributed by atoms with Crippen molar-refractivity contribution < 1.29 is 9.18 Å². The lowest BCUT2D eigenvalue weighted by Crippen LogP contribution is -2.49. The van der Waals surface area contributed by atoms with Gasteiger partial charge < -0.3 is 10.6 Å². The molecule has 0 bridgehead atoms. The minimum Gasteiger partial charge on any atom is -0.335 e. The van der Waals surface area contributed by atoms with E-state index in [9.17, 15) is 9.18 Å². The average molecular weight is 369 g/mol. The van der Waals surface area contributed by atoms with Crippen molar-refractivity contribution in [2.24, 2.45) is 11.8 Å². The van der Waals surface area contributed by atoms with Crippen molar-refractivity contribution in [2.75, 3.05) is 0 Å². The monoisotopic (exact) mass is 369 g/mol. The largest absolute Gasteiger partial charge is 0.335 e. The highest BCUT2D eigenvalue weighted by Crippen LogP contribution is 2.51. The highest BCUT2D eigenvalue weighted by molar-refractivity contribution is 5.82. The molecule has 0 aliphatic heterocycles. The maximum atomic E-state index is 13.8. The molecule has 0 spiro atoms. The molecule has 2 amide bonds. The molecule has 5 heteroatoms. The molecule has 4 rings (SSSR count). The van der Waals surface area contributed by atoms with E-state index in [1.165, 1.54) is 11.6 Å². The van der Waals surface area contributed by atoms with Crippen LogP contribution in [0.1, 0.15) is 57.9 Å². The topological polar surface area (TPSA) is 54.0 Å². The summed E-state index contributed by atoms with van der Waals surface area (Å²) in [7, 11) is 0. The number of amides is 2. The van der Waals surface area contributed by atoms with E-state index in [1.54, 1.807) is 12.1 Å². The Bertz CT molecular complexity index is 846. The lowest BCUT2D eigenvalue weighted by molar-refractivity contribution is 0.227. The fourth-order valence-corrected chi connectivity index (χ4v) is 5.05. The van der Waals surface area contributed by atoms with Crippen LogP contribution in [0, 0.1) is 17.7 Å². The van der Waals surface area contributed by atoms with Gasteiger partial charge in [0.25, 0.3) is 0 Å². The van der Waals surface area contributed by atoms with Crippen LogP contribution in [-0.2, 0) is 0 Å². The average Bonchev–Trinajstić information content (AvgIpc) is 3.10. The number of carbonyl (C=O) groups is 1. The van der Waals surface area contributed by atoms with Crippen molar-refractivity contribution in [1.29, 1.82) is 0 Å². The Labute approximate surface area is 159 Å². The molecule has 27 heavy (non-hydrogen) atoms. The van der Waals surface area contributed by atoms with E-state index in [0.717, 1.165) is 36.6 Å². The lowest BCUT2D eigenvalue weighted by Gasteiger charge is -2.23. The number of nitrogens with zero attached hydrogens (tertiary/aromatic N) is 1. The predicted octanol–water partition coefficient (Wildman–Crippen LogP) is 4.74. The molecule has 2 aromatic rings. The molecule has 2 saturated carbocycles. The van der Waals surface area contributed by atoms with Gasteiger partial charge in [-0.25, -0.2) is 9.18 Å². The number of nitrogens with one attached hydrogen (secondary N) is 2. The van der Waals surface area contributed by atoms with Gasteiger partial charge in [0.15, 0.2) is 0 Å². The van der Waals surface area contributed by atoms with Gasteiger partial charge in [0.1, 0.15) is 5.82 Å². The van der Waals surface area contributed by atoms with Gasteiger partial charge in [0.2, 0.25) is 0 Å². The highest BCUT2D eigenvalue weighted by Gasteiger charge is 2.42. The molecular weight excluding hydrogens is 341 g/mol.